The Bertz CT molecular complexity index is 3930. The van der Waals surface area contributed by atoms with E-state index in [0.717, 1.165) is 92.8 Å². The Morgan fingerprint density at radius 1 is 0.582 bits per heavy atom. The van der Waals surface area contributed by atoms with Gasteiger partial charge < -0.3 is 8.98 Å². The van der Waals surface area contributed by atoms with Crippen molar-refractivity contribution >= 4 is 76.4 Å². The fraction of sp³-hybridized carbons (Fsp3) is 0.113. The van der Waals surface area contributed by atoms with Gasteiger partial charge in [0.25, 0.3) is 0 Å². The molecule has 0 N–H and O–H groups in total. The zero-order valence-corrected chi connectivity index (χ0v) is 37.3. The van der Waals surface area contributed by atoms with Crippen LogP contribution in [-0.2, 0) is 0 Å². The number of hydrogen-bond donors (Lipinski definition) is 0. The Labute approximate surface area is 388 Å². The summed E-state index contributed by atoms with van der Waals surface area (Å²) >= 11 is 0. The third-order valence-corrected chi connectivity index (χ3v) is 14.1. The maximum absolute atomic E-state index is 6.86. The van der Waals surface area contributed by atoms with E-state index in [4.69, 9.17) is 19.4 Å². The number of rotatable bonds is 9. The molecule has 5 heteroatoms. The lowest BCUT2D eigenvalue weighted by molar-refractivity contribution is 0.648. The van der Waals surface area contributed by atoms with Gasteiger partial charge in [0, 0.05) is 38.7 Å². The Balaban J connectivity index is 1.03. The Morgan fingerprint density at radius 2 is 1.31 bits per heavy atom. The molecular formula is C62H46N4O. The average Bonchev–Trinajstić information content (AvgIpc) is 4.03. The van der Waals surface area contributed by atoms with Crippen molar-refractivity contribution in [3.63, 3.8) is 0 Å². The van der Waals surface area contributed by atoms with Crippen molar-refractivity contribution in [1.82, 2.24) is 19.5 Å². The van der Waals surface area contributed by atoms with Crippen LogP contribution in [0.2, 0.25) is 0 Å². The molecule has 0 radical (unpaired) electrons. The van der Waals surface area contributed by atoms with Crippen molar-refractivity contribution in [3.05, 3.63) is 217 Å². The summed E-state index contributed by atoms with van der Waals surface area (Å²) in [6.45, 7) is 2.06. The van der Waals surface area contributed by atoms with E-state index in [1.54, 1.807) is 5.57 Å². The van der Waals surface area contributed by atoms with Gasteiger partial charge in [0.05, 0.1) is 16.6 Å². The second-order valence-corrected chi connectivity index (χ2v) is 18.0. The number of para-hydroxylation sites is 2. The summed E-state index contributed by atoms with van der Waals surface area (Å²) < 4.78 is 9.26. The molecule has 0 spiro atoms. The minimum atomic E-state index is 0.421. The van der Waals surface area contributed by atoms with Crippen LogP contribution in [0, 0.1) is 0 Å². The van der Waals surface area contributed by atoms with Gasteiger partial charge in [0.1, 0.15) is 11.2 Å². The van der Waals surface area contributed by atoms with Crippen molar-refractivity contribution in [2.24, 2.45) is 0 Å². The van der Waals surface area contributed by atoms with Gasteiger partial charge in [0.15, 0.2) is 17.5 Å². The Hall–Kier alpha value is -8.15. The molecule has 1 atom stereocenters. The predicted octanol–water partition coefficient (Wildman–Crippen LogP) is 16.5. The summed E-state index contributed by atoms with van der Waals surface area (Å²) in [5.41, 5.74) is 13.4. The molecular weight excluding hydrogens is 817 g/mol. The quantitative estimate of drug-likeness (QED) is 0.107. The maximum atomic E-state index is 6.86. The zero-order chi connectivity index (χ0) is 44.4. The van der Waals surface area contributed by atoms with E-state index >= 15 is 0 Å². The van der Waals surface area contributed by atoms with E-state index in [1.807, 2.05) is 6.07 Å². The van der Waals surface area contributed by atoms with Gasteiger partial charge in [-0.2, -0.15) is 0 Å². The van der Waals surface area contributed by atoms with Crippen LogP contribution in [0.3, 0.4) is 0 Å². The van der Waals surface area contributed by atoms with E-state index in [9.17, 15) is 0 Å². The van der Waals surface area contributed by atoms with E-state index in [-0.39, 0.29) is 0 Å². The molecule has 13 rings (SSSR count). The van der Waals surface area contributed by atoms with Crippen LogP contribution < -0.4 is 0 Å². The lowest BCUT2D eigenvalue weighted by Crippen LogP contribution is -2.07. The summed E-state index contributed by atoms with van der Waals surface area (Å²) in [5, 5.41) is 9.22. The second kappa shape index (κ2) is 16.1. The molecule has 0 amide bonds. The first-order chi connectivity index (χ1) is 33.2. The van der Waals surface area contributed by atoms with Gasteiger partial charge >= 0.3 is 0 Å². The molecule has 1 unspecified atom stereocenters. The first-order valence-electron chi connectivity index (χ1n) is 23.6. The number of fused-ring (bicyclic) bond motifs is 10. The molecule has 11 aromatic rings. The third-order valence-electron chi connectivity index (χ3n) is 14.1. The summed E-state index contributed by atoms with van der Waals surface area (Å²) in [6.07, 6.45) is 16.2. The van der Waals surface area contributed by atoms with Crippen LogP contribution in [0.4, 0.5) is 0 Å². The van der Waals surface area contributed by atoms with Crippen molar-refractivity contribution in [2.45, 2.75) is 44.9 Å². The minimum absolute atomic E-state index is 0.421. The minimum Gasteiger partial charge on any atom is -0.455 e. The van der Waals surface area contributed by atoms with Crippen LogP contribution >= 0.6 is 0 Å². The first kappa shape index (κ1) is 39.2. The Morgan fingerprint density at radius 3 is 2.19 bits per heavy atom. The van der Waals surface area contributed by atoms with Crippen LogP contribution in [-0.4, -0.2) is 19.5 Å². The zero-order valence-electron chi connectivity index (χ0n) is 37.3. The lowest BCUT2D eigenvalue weighted by atomic mass is 9.85. The molecule has 3 aromatic heterocycles. The molecule has 0 fully saturated rings. The van der Waals surface area contributed by atoms with Crippen molar-refractivity contribution in [2.75, 3.05) is 0 Å². The largest absolute Gasteiger partial charge is 0.455 e. The van der Waals surface area contributed by atoms with E-state index in [2.05, 4.69) is 200 Å². The topological polar surface area (TPSA) is 56.7 Å². The molecule has 0 aliphatic heterocycles. The molecule has 67 heavy (non-hydrogen) atoms. The third kappa shape index (κ3) is 6.64. The molecule has 8 aromatic carbocycles. The summed E-state index contributed by atoms with van der Waals surface area (Å²) in [7, 11) is 0. The number of unbranched alkanes of at least 4 members (excludes halogenated alkanes) is 1. The lowest BCUT2D eigenvalue weighted by Gasteiger charge is -2.21. The molecule has 3 heterocycles. The molecule has 2 aliphatic carbocycles. The first-order valence-corrected chi connectivity index (χ1v) is 23.6. The number of aromatic nitrogens is 4. The highest BCUT2D eigenvalue weighted by atomic mass is 16.3. The Kier molecular flexibility index (Phi) is 9.41. The number of benzene rings is 8. The molecule has 0 saturated heterocycles. The second-order valence-electron chi connectivity index (χ2n) is 18.0. The SMILES string of the molecule is C/C=C\C=C/CCCC1C2=C(C=C(c3nc(-c4ccc5ccccc5c4)nc(-c4cc(-n5c6ccccc6c6cc7ccccc7cc65)cc5c4oc4ccccc45)n3)CC2)c2ccccc21. The van der Waals surface area contributed by atoms with Crippen molar-refractivity contribution in [3.8, 4) is 28.5 Å². The molecule has 2 aliphatic rings. The fourth-order valence-corrected chi connectivity index (χ4v) is 11.0. The van der Waals surface area contributed by atoms with Gasteiger partial charge in [0.2, 0.25) is 0 Å². The van der Waals surface area contributed by atoms with E-state index in [1.165, 1.54) is 43.6 Å². The number of allylic oxidation sites excluding steroid dienone is 8. The average molecular weight is 863 g/mol. The van der Waals surface area contributed by atoms with Gasteiger partial charge in [-0.3, -0.25) is 0 Å². The van der Waals surface area contributed by atoms with E-state index < -0.39 is 0 Å². The highest BCUT2D eigenvalue weighted by Crippen LogP contribution is 2.51. The fourth-order valence-electron chi connectivity index (χ4n) is 11.0. The van der Waals surface area contributed by atoms with Crippen LogP contribution in [0.25, 0.3) is 105 Å². The van der Waals surface area contributed by atoms with Crippen LogP contribution in [0.15, 0.2) is 204 Å². The molecule has 0 saturated carbocycles. The highest BCUT2D eigenvalue weighted by Gasteiger charge is 2.33. The van der Waals surface area contributed by atoms with Crippen molar-refractivity contribution < 1.29 is 4.42 Å². The highest BCUT2D eigenvalue weighted by molar-refractivity contribution is 6.15. The summed E-state index contributed by atoms with van der Waals surface area (Å²) in [5.74, 6) is 2.35. The normalized spacial score (nSPS) is 15.1. The number of hydrogen-bond acceptors (Lipinski definition) is 4. The summed E-state index contributed by atoms with van der Waals surface area (Å²) in [4.78, 5) is 16.3. The monoisotopic (exact) mass is 862 g/mol. The molecule has 0 bridgehead atoms. The van der Waals surface area contributed by atoms with E-state index in [0.29, 0.717) is 23.4 Å². The van der Waals surface area contributed by atoms with Gasteiger partial charge in [-0.15, -0.1) is 0 Å². The van der Waals surface area contributed by atoms with Crippen LogP contribution in [0.1, 0.15) is 61.9 Å². The summed E-state index contributed by atoms with van der Waals surface area (Å²) in [6, 6.07) is 58.8. The van der Waals surface area contributed by atoms with Crippen LogP contribution in [0.5, 0.6) is 0 Å². The standard InChI is InChI=1S/C62H46N4O/c1-2-3-4-5-6-7-22-47-46-23-12-13-24-48(46)52-35-44(31-32-49(47)52)61-63-60(43-30-29-39-18-8-9-19-40(39)33-43)64-62(65-61)55-38-45(37-54-51-26-15-17-28-58(51)67-59(54)55)66-56-27-16-14-25-50(56)53-34-41-20-10-11-21-42(41)36-57(53)66/h2-5,8-21,23-30,33-38,47H,6-7,22,31-32H2,1H3/b3-2-,5-4-. The van der Waals surface area contributed by atoms with Gasteiger partial charge in [-0.25, -0.2) is 15.0 Å². The number of furan rings is 1. The smallest absolute Gasteiger partial charge is 0.167 e. The van der Waals surface area contributed by atoms with Gasteiger partial charge in [-0.1, -0.05) is 151 Å². The molecule has 320 valence electrons. The molecule has 5 nitrogen and oxygen atoms in total. The maximum Gasteiger partial charge on any atom is 0.167 e. The predicted molar refractivity (Wildman–Crippen MR) is 278 cm³/mol. The number of nitrogens with zero attached hydrogens (tertiary/aromatic N) is 4. The van der Waals surface area contributed by atoms with Crippen molar-refractivity contribution in [1.29, 1.82) is 0 Å². The van der Waals surface area contributed by atoms with Gasteiger partial charge in [-0.05, 0) is 131 Å².